The van der Waals surface area contributed by atoms with Crippen molar-refractivity contribution in [2.24, 2.45) is 0 Å². The first-order valence-electron chi connectivity index (χ1n) is 6.16. The van der Waals surface area contributed by atoms with E-state index in [1.807, 2.05) is 30.3 Å². The van der Waals surface area contributed by atoms with E-state index in [-0.39, 0.29) is 5.91 Å². The molecule has 0 N–H and O–H groups in total. The van der Waals surface area contributed by atoms with Crippen molar-refractivity contribution in [2.75, 3.05) is 13.6 Å². The van der Waals surface area contributed by atoms with Crippen LogP contribution in [0.5, 0.6) is 0 Å². The van der Waals surface area contributed by atoms with Gasteiger partial charge in [0.25, 0.3) is 0 Å². The fraction of sp³-hybridized carbons (Fsp3) is 0.267. The molecule has 2 rings (SSSR count). The van der Waals surface area contributed by atoms with Crippen LogP contribution in [0.3, 0.4) is 0 Å². The Kier molecular flexibility index (Phi) is 4.63. The summed E-state index contributed by atoms with van der Waals surface area (Å²) in [6.07, 6.45) is 2.69. The molecule has 0 unspecified atom stereocenters. The minimum atomic E-state index is 0.0552. The summed E-state index contributed by atoms with van der Waals surface area (Å²) >= 11 is 6.05. The molecule has 100 valence electrons. The Labute approximate surface area is 117 Å². The number of benzene rings is 1. The van der Waals surface area contributed by atoms with Gasteiger partial charge in [-0.15, -0.1) is 0 Å². The molecule has 3 nitrogen and oxygen atoms in total. The van der Waals surface area contributed by atoms with Gasteiger partial charge in [0, 0.05) is 25.0 Å². The molecule has 0 spiro atoms. The molecular weight excluding hydrogens is 262 g/mol. The van der Waals surface area contributed by atoms with Gasteiger partial charge in [-0.2, -0.15) is 0 Å². The number of nitrogens with zero attached hydrogens (tertiary/aromatic N) is 1. The first kappa shape index (κ1) is 13.7. The standard InChI is InChI=1S/C15H16ClNO2/c1-17(9-8-13-6-4-10-19-13)15(18)11-12-5-2-3-7-14(12)16/h2-7,10H,8-9,11H2,1H3. The molecule has 0 radical (unpaired) electrons. The fourth-order valence-electron chi connectivity index (χ4n) is 1.80. The molecule has 0 saturated heterocycles. The number of amides is 1. The van der Waals surface area contributed by atoms with E-state index in [2.05, 4.69) is 0 Å². The van der Waals surface area contributed by atoms with Gasteiger partial charge in [-0.25, -0.2) is 0 Å². The molecule has 1 amide bonds. The molecule has 1 aromatic heterocycles. The van der Waals surface area contributed by atoms with Gasteiger partial charge < -0.3 is 9.32 Å². The largest absolute Gasteiger partial charge is 0.469 e. The van der Waals surface area contributed by atoms with Crippen molar-refractivity contribution >= 4 is 17.5 Å². The molecular formula is C15H16ClNO2. The SMILES string of the molecule is CN(CCc1ccco1)C(=O)Cc1ccccc1Cl. The van der Waals surface area contributed by atoms with Crippen LogP contribution in [0.25, 0.3) is 0 Å². The van der Waals surface area contributed by atoms with Crippen LogP contribution in [0.2, 0.25) is 5.02 Å². The minimum absolute atomic E-state index is 0.0552. The lowest BCUT2D eigenvalue weighted by atomic mass is 10.1. The van der Waals surface area contributed by atoms with Gasteiger partial charge in [0.2, 0.25) is 5.91 Å². The van der Waals surface area contributed by atoms with Crippen LogP contribution in [0.1, 0.15) is 11.3 Å². The maximum atomic E-state index is 12.1. The lowest BCUT2D eigenvalue weighted by Crippen LogP contribution is -2.30. The summed E-state index contributed by atoms with van der Waals surface area (Å²) < 4.78 is 5.24. The van der Waals surface area contributed by atoms with E-state index >= 15 is 0 Å². The molecule has 0 fully saturated rings. The smallest absolute Gasteiger partial charge is 0.226 e. The topological polar surface area (TPSA) is 33.5 Å². The van der Waals surface area contributed by atoms with Gasteiger partial charge in [-0.3, -0.25) is 4.79 Å². The lowest BCUT2D eigenvalue weighted by molar-refractivity contribution is -0.129. The van der Waals surface area contributed by atoms with E-state index in [9.17, 15) is 4.79 Å². The highest BCUT2D eigenvalue weighted by Gasteiger charge is 2.11. The highest BCUT2D eigenvalue weighted by molar-refractivity contribution is 6.31. The molecule has 0 bridgehead atoms. The summed E-state index contributed by atoms with van der Waals surface area (Å²) in [5, 5.41) is 0.635. The van der Waals surface area contributed by atoms with E-state index in [1.165, 1.54) is 0 Å². The average molecular weight is 278 g/mol. The van der Waals surface area contributed by atoms with E-state index < -0.39 is 0 Å². The molecule has 2 aromatic rings. The maximum Gasteiger partial charge on any atom is 0.226 e. The van der Waals surface area contributed by atoms with Crippen LogP contribution in [0, 0.1) is 0 Å². The van der Waals surface area contributed by atoms with Gasteiger partial charge in [-0.05, 0) is 23.8 Å². The van der Waals surface area contributed by atoms with Gasteiger partial charge in [0.1, 0.15) is 5.76 Å². The van der Waals surface area contributed by atoms with Crippen molar-refractivity contribution < 1.29 is 9.21 Å². The quantitative estimate of drug-likeness (QED) is 0.841. The number of likely N-dealkylation sites (N-methyl/N-ethyl adjacent to an activating group) is 1. The first-order valence-corrected chi connectivity index (χ1v) is 6.54. The third kappa shape index (κ3) is 3.86. The summed E-state index contributed by atoms with van der Waals surface area (Å²) in [7, 11) is 1.79. The first-order chi connectivity index (χ1) is 9.16. The highest BCUT2D eigenvalue weighted by Crippen LogP contribution is 2.16. The predicted molar refractivity (Wildman–Crippen MR) is 75.2 cm³/mol. The second-order valence-electron chi connectivity index (χ2n) is 4.41. The number of hydrogen-bond acceptors (Lipinski definition) is 2. The summed E-state index contributed by atoms with van der Waals surface area (Å²) in [5.74, 6) is 0.942. The van der Waals surface area contributed by atoms with Crippen molar-refractivity contribution in [1.29, 1.82) is 0 Å². The monoisotopic (exact) mass is 277 g/mol. The van der Waals surface area contributed by atoms with Gasteiger partial charge in [0.05, 0.1) is 12.7 Å². The van der Waals surface area contributed by atoms with E-state index in [0.29, 0.717) is 18.0 Å². The molecule has 4 heteroatoms. The Morgan fingerprint density at radius 3 is 2.74 bits per heavy atom. The zero-order chi connectivity index (χ0) is 13.7. The van der Waals surface area contributed by atoms with Gasteiger partial charge in [0.15, 0.2) is 0 Å². The third-order valence-corrected chi connectivity index (χ3v) is 3.37. The van der Waals surface area contributed by atoms with E-state index in [0.717, 1.165) is 17.7 Å². The molecule has 0 aliphatic carbocycles. The van der Waals surface area contributed by atoms with Gasteiger partial charge >= 0.3 is 0 Å². The molecule has 0 saturated carbocycles. The number of carbonyl (C=O) groups excluding carboxylic acids is 1. The Morgan fingerprint density at radius 1 is 1.26 bits per heavy atom. The second kappa shape index (κ2) is 6.43. The Bertz CT molecular complexity index is 537. The number of halogens is 1. The molecule has 19 heavy (non-hydrogen) atoms. The van der Waals surface area contributed by atoms with Crippen LogP contribution in [-0.4, -0.2) is 24.4 Å². The highest BCUT2D eigenvalue weighted by atomic mass is 35.5. The van der Waals surface area contributed by atoms with Crippen LogP contribution < -0.4 is 0 Å². The van der Waals surface area contributed by atoms with Crippen LogP contribution in [0.4, 0.5) is 0 Å². The maximum absolute atomic E-state index is 12.1. The molecule has 0 atom stereocenters. The van der Waals surface area contributed by atoms with E-state index in [4.69, 9.17) is 16.0 Å². The van der Waals surface area contributed by atoms with Crippen molar-refractivity contribution in [3.63, 3.8) is 0 Å². The van der Waals surface area contributed by atoms with Gasteiger partial charge in [-0.1, -0.05) is 29.8 Å². The van der Waals surface area contributed by atoms with Crippen molar-refractivity contribution in [3.05, 3.63) is 59.0 Å². The predicted octanol–water partition coefficient (Wildman–Crippen LogP) is 3.18. The number of hydrogen-bond donors (Lipinski definition) is 0. The number of rotatable bonds is 5. The molecule has 0 aliphatic rings. The Balaban J connectivity index is 1.87. The average Bonchev–Trinajstić information content (AvgIpc) is 2.91. The minimum Gasteiger partial charge on any atom is -0.469 e. The number of carbonyl (C=O) groups is 1. The zero-order valence-corrected chi connectivity index (χ0v) is 11.6. The van der Waals surface area contributed by atoms with Crippen molar-refractivity contribution in [3.8, 4) is 0 Å². The zero-order valence-electron chi connectivity index (χ0n) is 10.8. The Hall–Kier alpha value is -1.74. The third-order valence-electron chi connectivity index (χ3n) is 3.00. The molecule has 0 aliphatic heterocycles. The van der Waals surface area contributed by atoms with Crippen LogP contribution in [-0.2, 0) is 17.6 Å². The normalized spacial score (nSPS) is 10.4. The van der Waals surface area contributed by atoms with Crippen LogP contribution >= 0.6 is 11.6 Å². The second-order valence-corrected chi connectivity index (χ2v) is 4.82. The fourth-order valence-corrected chi connectivity index (χ4v) is 2.00. The van der Waals surface area contributed by atoms with E-state index in [1.54, 1.807) is 24.3 Å². The molecule has 1 heterocycles. The number of furan rings is 1. The Morgan fingerprint density at radius 2 is 2.05 bits per heavy atom. The summed E-state index contributed by atoms with van der Waals surface area (Å²) in [5.41, 5.74) is 0.860. The van der Waals surface area contributed by atoms with Crippen molar-refractivity contribution in [2.45, 2.75) is 12.8 Å². The summed E-state index contributed by atoms with van der Waals surface area (Å²) in [6, 6.07) is 11.2. The molecule has 1 aromatic carbocycles. The summed E-state index contributed by atoms with van der Waals surface area (Å²) in [4.78, 5) is 13.8. The lowest BCUT2D eigenvalue weighted by Gasteiger charge is -2.16. The van der Waals surface area contributed by atoms with Crippen molar-refractivity contribution in [1.82, 2.24) is 4.90 Å². The van der Waals surface area contributed by atoms with Crippen LogP contribution in [0.15, 0.2) is 47.1 Å². The summed E-state index contributed by atoms with van der Waals surface area (Å²) in [6.45, 7) is 0.636.